The summed E-state index contributed by atoms with van der Waals surface area (Å²) < 4.78 is 13.5. The Kier molecular flexibility index (Phi) is 5.64. The first kappa shape index (κ1) is 21.5. The van der Waals surface area contributed by atoms with Gasteiger partial charge in [0, 0.05) is 54.5 Å². The maximum absolute atomic E-state index is 11.6. The smallest absolute Gasteiger partial charge is 0.219 e. The molecule has 0 spiro atoms. The molecular weight excluding hydrogens is 432 g/mol. The summed E-state index contributed by atoms with van der Waals surface area (Å²) in [6.07, 6.45) is 7.33. The Morgan fingerprint density at radius 3 is 2.85 bits per heavy atom. The maximum Gasteiger partial charge on any atom is 0.219 e. The SMILES string of the molecule is CC(=O)N1CCC(n2cc(-c3cnc(N)c4oc(-c5cccc(OCC#N)c5)cc34)cn2)CC1. The van der Waals surface area contributed by atoms with Crippen LogP contribution in [0.1, 0.15) is 25.8 Å². The summed E-state index contributed by atoms with van der Waals surface area (Å²) >= 11 is 0. The lowest BCUT2D eigenvalue weighted by Crippen LogP contribution is -2.37. The van der Waals surface area contributed by atoms with Gasteiger partial charge in [-0.25, -0.2) is 4.98 Å². The number of pyridine rings is 1. The molecule has 0 aliphatic carbocycles. The molecule has 9 heteroatoms. The van der Waals surface area contributed by atoms with Crippen LogP contribution in [0.25, 0.3) is 33.4 Å². The quantitative estimate of drug-likeness (QED) is 0.481. The molecule has 34 heavy (non-hydrogen) atoms. The van der Waals surface area contributed by atoms with E-state index in [0.29, 0.717) is 22.9 Å². The van der Waals surface area contributed by atoms with E-state index in [-0.39, 0.29) is 18.6 Å². The molecular formula is C25H24N6O3. The summed E-state index contributed by atoms with van der Waals surface area (Å²) in [7, 11) is 0. The molecule has 2 N–H and O–H groups in total. The molecule has 1 aromatic carbocycles. The lowest BCUT2D eigenvalue weighted by Gasteiger charge is -2.31. The summed E-state index contributed by atoms with van der Waals surface area (Å²) in [6, 6.07) is 11.5. The number of piperidine rings is 1. The number of nitrogens with two attached hydrogens (primary N) is 1. The van der Waals surface area contributed by atoms with Gasteiger partial charge in [0.25, 0.3) is 0 Å². The molecule has 0 radical (unpaired) electrons. The van der Waals surface area contributed by atoms with E-state index in [1.54, 1.807) is 19.2 Å². The highest BCUT2D eigenvalue weighted by molar-refractivity contribution is 6.00. The molecule has 0 saturated carbocycles. The highest BCUT2D eigenvalue weighted by Crippen LogP contribution is 2.37. The highest BCUT2D eigenvalue weighted by Gasteiger charge is 2.23. The first-order chi connectivity index (χ1) is 16.5. The Labute approximate surface area is 196 Å². The molecule has 172 valence electrons. The minimum absolute atomic E-state index is 0.0254. The zero-order valence-corrected chi connectivity index (χ0v) is 18.8. The average molecular weight is 457 g/mol. The fourth-order valence-corrected chi connectivity index (χ4v) is 4.39. The van der Waals surface area contributed by atoms with Gasteiger partial charge in [0.05, 0.1) is 12.2 Å². The van der Waals surface area contributed by atoms with E-state index in [4.69, 9.17) is 20.1 Å². The van der Waals surface area contributed by atoms with Gasteiger partial charge in [0.1, 0.15) is 17.6 Å². The van der Waals surface area contributed by atoms with Crippen molar-refractivity contribution in [2.75, 3.05) is 25.4 Å². The summed E-state index contributed by atoms with van der Waals surface area (Å²) in [5, 5.41) is 14.2. The number of hydrogen-bond acceptors (Lipinski definition) is 7. The molecule has 1 saturated heterocycles. The number of benzene rings is 1. The molecule has 1 aliphatic heterocycles. The molecule has 4 aromatic rings. The van der Waals surface area contributed by atoms with Gasteiger partial charge in [-0.05, 0) is 31.0 Å². The largest absolute Gasteiger partial charge is 0.479 e. The second-order valence-corrected chi connectivity index (χ2v) is 8.33. The van der Waals surface area contributed by atoms with Crippen LogP contribution in [0.15, 0.2) is 53.3 Å². The predicted molar refractivity (Wildman–Crippen MR) is 127 cm³/mol. The average Bonchev–Trinajstić information content (AvgIpc) is 3.52. The van der Waals surface area contributed by atoms with Crippen molar-refractivity contribution >= 4 is 22.7 Å². The van der Waals surface area contributed by atoms with Crippen LogP contribution in [0.5, 0.6) is 5.75 Å². The van der Waals surface area contributed by atoms with Gasteiger partial charge in [-0.3, -0.25) is 9.48 Å². The Hall–Kier alpha value is -4.32. The molecule has 1 aliphatic rings. The van der Waals surface area contributed by atoms with Crippen molar-refractivity contribution in [1.82, 2.24) is 19.7 Å². The summed E-state index contributed by atoms with van der Waals surface area (Å²) in [5.74, 6) is 1.64. The van der Waals surface area contributed by atoms with Crippen LogP contribution < -0.4 is 10.5 Å². The second kappa shape index (κ2) is 8.90. The third kappa shape index (κ3) is 4.06. The van der Waals surface area contributed by atoms with Gasteiger partial charge in [-0.1, -0.05) is 12.1 Å². The molecule has 1 fully saturated rings. The van der Waals surface area contributed by atoms with Gasteiger partial charge in [0.15, 0.2) is 18.0 Å². The van der Waals surface area contributed by atoms with E-state index in [9.17, 15) is 4.79 Å². The van der Waals surface area contributed by atoms with Crippen LogP contribution in [0, 0.1) is 11.3 Å². The van der Waals surface area contributed by atoms with Crippen LogP contribution in [0.3, 0.4) is 0 Å². The van der Waals surface area contributed by atoms with Gasteiger partial charge in [0.2, 0.25) is 5.91 Å². The number of ether oxygens (including phenoxy) is 1. The van der Waals surface area contributed by atoms with Crippen molar-refractivity contribution < 1.29 is 13.9 Å². The Morgan fingerprint density at radius 1 is 1.26 bits per heavy atom. The summed E-state index contributed by atoms with van der Waals surface area (Å²) in [6.45, 7) is 3.07. The number of nitriles is 1. The molecule has 1 amide bonds. The van der Waals surface area contributed by atoms with Crippen molar-refractivity contribution in [3.8, 4) is 34.3 Å². The first-order valence-corrected chi connectivity index (χ1v) is 11.1. The lowest BCUT2D eigenvalue weighted by atomic mass is 10.0. The number of likely N-dealkylation sites (tertiary alicyclic amines) is 1. The Balaban J connectivity index is 1.46. The maximum atomic E-state index is 11.6. The van der Waals surface area contributed by atoms with Gasteiger partial charge in [-0.15, -0.1) is 0 Å². The number of hydrogen-bond donors (Lipinski definition) is 1. The topological polar surface area (TPSA) is 123 Å². The Bertz CT molecular complexity index is 1390. The van der Waals surface area contributed by atoms with Crippen LogP contribution in [0.4, 0.5) is 5.82 Å². The molecule has 9 nitrogen and oxygen atoms in total. The number of amides is 1. The fraction of sp³-hybridized carbons (Fsp3) is 0.280. The first-order valence-electron chi connectivity index (χ1n) is 11.1. The van der Waals surface area contributed by atoms with Crippen molar-refractivity contribution in [3.63, 3.8) is 0 Å². The van der Waals surface area contributed by atoms with E-state index >= 15 is 0 Å². The summed E-state index contributed by atoms with van der Waals surface area (Å²) in [5.41, 5.74) is 9.25. The Morgan fingerprint density at radius 2 is 2.09 bits per heavy atom. The standard InChI is InChI=1S/C25H24N6O3/c1-16(32)30-8-5-19(6-9-30)31-15-18(13-29-31)22-14-28-25(27)24-21(22)12-23(34-24)17-3-2-4-20(11-17)33-10-7-26/h2-4,11-15,19H,5-6,8-10H2,1H3,(H2,27,28). The molecule has 0 atom stereocenters. The zero-order valence-electron chi connectivity index (χ0n) is 18.8. The van der Waals surface area contributed by atoms with E-state index < -0.39 is 0 Å². The van der Waals surface area contributed by atoms with Crippen molar-refractivity contribution in [3.05, 3.63) is 48.9 Å². The molecule has 3 aromatic heterocycles. The van der Waals surface area contributed by atoms with Crippen LogP contribution in [-0.4, -0.2) is 45.3 Å². The van der Waals surface area contributed by atoms with Gasteiger partial charge < -0.3 is 19.8 Å². The van der Waals surface area contributed by atoms with Crippen LogP contribution in [0.2, 0.25) is 0 Å². The lowest BCUT2D eigenvalue weighted by molar-refractivity contribution is -0.130. The molecule has 0 unspecified atom stereocenters. The number of rotatable bonds is 5. The summed E-state index contributed by atoms with van der Waals surface area (Å²) in [4.78, 5) is 17.8. The fourth-order valence-electron chi connectivity index (χ4n) is 4.39. The minimum atomic E-state index is -0.0254. The number of carbonyl (C=O) groups is 1. The highest BCUT2D eigenvalue weighted by atomic mass is 16.5. The number of nitrogen functional groups attached to an aromatic ring is 1. The van der Waals surface area contributed by atoms with Crippen LogP contribution >= 0.6 is 0 Å². The van der Waals surface area contributed by atoms with Crippen LogP contribution in [-0.2, 0) is 4.79 Å². The number of nitrogens with zero attached hydrogens (tertiary/aromatic N) is 5. The number of furan rings is 1. The number of fused-ring (bicyclic) bond motifs is 1. The van der Waals surface area contributed by atoms with Gasteiger partial charge in [-0.2, -0.15) is 10.4 Å². The second-order valence-electron chi connectivity index (χ2n) is 8.33. The normalized spacial score (nSPS) is 14.3. The monoisotopic (exact) mass is 456 g/mol. The van der Waals surface area contributed by atoms with Crippen molar-refractivity contribution in [1.29, 1.82) is 5.26 Å². The zero-order chi connectivity index (χ0) is 23.7. The predicted octanol–water partition coefficient (Wildman–Crippen LogP) is 4.03. The van der Waals surface area contributed by atoms with E-state index in [1.807, 2.05) is 52.3 Å². The molecule has 4 heterocycles. The number of anilines is 1. The minimum Gasteiger partial charge on any atom is -0.479 e. The van der Waals surface area contributed by atoms with E-state index in [2.05, 4.69) is 10.1 Å². The van der Waals surface area contributed by atoms with Crippen molar-refractivity contribution in [2.45, 2.75) is 25.8 Å². The van der Waals surface area contributed by atoms with E-state index in [0.717, 1.165) is 48.0 Å². The third-order valence-electron chi connectivity index (χ3n) is 6.21. The number of aromatic nitrogens is 3. The number of carbonyl (C=O) groups excluding carboxylic acids is 1. The van der Waals surface area contributed by atoms with E-state index in [1.165, 1.54) is 0 Å². The molecule has 5 rings (SSSR count). The van der Waals surface area contributed by atoms with Crippen molar-refractivity contribution in [2.24, 2.45) is 0 Å². The third-order valence-corrected chi connectivity index (χ3v) is 6.21. The molecule has 0 bridgehead atoms. The van der Waals surface area contributed by atoms with Gasteiger partial charge >= 0.3 is 0 Å².